The molecule has 2 aromatic heterocycles. The van der Waals surface area contributed by atoms with E-state index in [-0.39, 0.29) is 28.4 Å². The molecule has 0 radical (unpaired) electrons. The Balaban J connectivity index is 1.24. The zero-order valence-corrected chi connectivity index (χ0v) is 40.3. The van der Waals surface area contributed by atoms with Crippen molar-refractivity contribution < 1.29 is 4.42 Å². The van der Waals surface area contributed by atoms with Crippen LogP contribution in [0.3, 0.4) is 0 Å². The summed E-state index contributed by atoms with van der Waals surface area (Å²) in [6.07, 6.45) is 2.34. The van der Waals surface area contributed by atoms with Crippen LogP contribution in [-0.4, -0.2) is 6.71 Å². The Labute approximate surface area is 388 Å². The van der Waals surface area contributed by atoms with E-state index in [1.165, 1.54) is 110 Å². The summed E-state index contributed by atoms with van der Waals surface area (Å²) in [7, 11) is 0. The molecule has 322 valence electrons. The molecule has 65 heavy (non-hydrogen) atoms. The van der Waals surface area contributed by atoms with Crippen LogP contribution in [0.1, 0.15) is 104 Å². The molecule has 2 aliphatic heterocycles. The molecule has 7 aromatic carbocycles. The van der Waals surface area contributed by atoms with Gasteiger partial charge in [0.05, 0.1) is 5.69 Å². The number of rotatable bonds is 3. The van der Waals surface area contributed by atoms with Gasteiger partial charge in [0.2, 0.25) is 0 Å². The Kier molecular flexibility index (Phi) is 8.56. The standard InChI is InChI=1S/C60H57BN2OS/c1-57(2,3)38-20-23-40(24-21-38)62-47-28-22-39(58(4,5)6)34-46(47)61-53-48(62)32-37(36-16-12-11-13-17-36)33-49(53)63(41-25-27-44-45(35-41)60(9,10)31-30-59(44,7)8)54-43-26-29-51-52(55(43)65-56(54)61)42-18-14-15-19-50(42)64-51/h11-29,32-35H,30-31H2,1-10H3. The topological polar surface area (TPSA) is 19.6 Å². The molecule has 1 aliphatic carbocycles. The van der Waals surface area contributed by atoms with Crippen LogP contribution >= 0.6 is 11.3 Å². The molecular formula is C60H57BN2OS. The van der Waals surface area contributed by atoms with Gasteiger partial charge in [-0.1, -0.05) is 148 Å². The van der Waals surface area contributed by atoms with E-state index in [1.54, 1.807) is 0 Å². The lowest BCUT2D eigenvalue weighted by Gasteiger charge is -2.45. The van der Waals surface area contributed by atoms with Crippen LogP contribution in [0.15, 0.2) is 144 Å². The van der Waals surface area contributed by atoms with Crippen LogP contribution < -0.4 is 25.5 Å². The molecule has 0 saturated heterocycles. The van der Waals surface area contributed by atoms with Gasteiger partial charge >= 0.3 is 0 Å². The quantitative estimate of drug-likeness (QED) is 0.165. The number of benzene rings is 7. The molecule has 9 aromatic rings. The molecule has 4 heterocycles. The molecule has 3 nitrogen and oxygen atoms in total. The maximum absolute atomic E-state index is 6.61. The monoisotopic (exact) mass is 864 g/mol. The van der Waals surface area contributed by atoms with E-state index in [9.17, 15) is 0 Å². The van der Waals surface area contributed by atoms with Gasteiger partial charge in [-0.25, -0.2) is 0 Å². The zero-order valence-electron chi connectivity index (χ0n) is 39.5. The molecule has 3 aliphatic rings. The predicted molar refractivity (Wildman–Crippen MR) is 281 cm³/mol. The highest BCUT2D eigenvalue weighted by atomic mass is 32.1. The molecular weight excluding hydrogens is 808 g/mol. The van der Waals surface area contributed by atoms with Crippen LogP contribution in [0.25, 0.3) is 43.2 Å². The van der Waals surface area contributed by atoms with Crippen molar-refractivity contribution in [1.29, 1.82) is 0 Å². The number of anilines is 6. The second kappa shape index (κ2) is 13.7. The van der Waals surface area contributed by atoms with E-state index in [0.717, 1.165) is 17.6 Å². The van der Waals surface area contributed by atoms with Gasteiger partial charge in [0.1, 0.15) is 11.2 Å². The third kappa shape index (κ3) is 6.07. The van der Waals surface area contributed by atoms with Crippen molar-refractivity contribution in [2.45, 2.75) is 104 Å². The predicted octanol–water partition coefficient (Wildman–Crippen LogP) is 15.5. The van der Waals surface area contributed by atoms with Crippen LogP contribution in [0, 0.1) is 0 Å². The van der Waals surface area contributed by atoms with Crippen molar-refractivity contribution >= 4 is 99.9 Å². The van der Waals surface area contributed by atoms with Gasteiger partial charge in [-0.2, -0.15) is 0 Å². The minimum Gasteiger partial charge on any atom is -0.456 e. The fourth-order valence-corrected chi connectivity index (χ4v) is 12.9. The van der Waals surface area contributed by atoms with Gasteiger partial charge in [-0.05, 0) is 139 Å². The van der Waals surface area contributed by atoms with Crippen molar-refractivity contribution in [2.75, 3.05) is 9.80 Å². The highest BCUT2D eigenvalue weighted by molar-refractivity contribution is 7.34. The lowest BCUT2D eigenvalue weighted by atomic mass is 9.36. The molecule has 0 saturated carbocycles. The number of nitrogens with zero attached hydrogens (tertiary/aromatic N) is 2. The van der Waals surface area contributed by atoms with Crippen molar-refractivity contribution in [3.05, 3.63) is 162 Å². The van der Waals surface area contributed by atoms with E-state index in [2.05, 4.69) is 219 Å². The Morgan fingerprint density at radius 3 is 1.91 bits per heavy atom. The smallest absolute Gasteiger partial charge is 0.264 e. The average molecular weight is 865 g/mol. The SMILES string of the molecule is CC(C)(C)c1ccc(N2c3ccc(C(C)(C)C)cc3B3c4sc5c(ccc6oc7ccccc7c65)c4N(c4ccc5c(c4)C(C)(C)CCC5(C)C)c4cc(-c5ccccc5)cc2c43)cc1. The first-order valence-electron chi connectivity index (χ1n) is 23.6. The number of para-hydroxylation sites is 1. The van der Waals surface area contributed by atoms with Crippen LogP contribution in [0.5, 0.6) is 0 Å². The fourth-order valence-electron chi connectivity index (χ4n) is 11.4. The van der Waals surface area contributed by atoms with Crippen molar-refractivity contribution in [1.82, 2.24) is 0 Å². The Morgan fingerprint density at radius 2 is 1.18 bits per heavy atom. The molecule has 0 unspecified atom stereocenters. The summed E-state index contributed by atoms with van der Waals surface area (Å²) < 4.78 is 9.27. The third-order valence-corrected chi connectivity index (χ3v) is 16.5. The Hall–Kier alpha value is -6.04. The minimum atomic E-state index is -0.0379. The third-order valence-electron chi connectivity index (χ3n) is 15.2. The van der Waals surface area contributed by atoms with E-state index < -0.39 is 0 Å². The molecule has 0 amide bonds. The summed E-state index contributed by atoms with van der Waals surface area (Å²) in [5.41, 5.74) is 20.2. The van der Waals surface area contributed by atoms with E-state index >= 15 is 0 Å². The van der Waals surface area contributed by atoms with Gasteiger partial charge in [0, 0.05) is 54.1 Å². The normalized spacial score (nSPS) is 16.2. The molecule has 12 rings (SSSR count). The number of hydrogen-bond donors (Lipinski definition) is 0. The fraction of sp³-hybridized carbons (Fsp3) is 0.267. The lowest BCUT2D eigenvalue weighted by molar-refractivity contribution is 0.332. The maximum atomic E-state index is 6.61. The summed E-state index contributed by atoms with van der Waals surface area (Å²) >= 11 is 1.97. The molecule has 0 bridgehead atoms. The van der Waals surface area contributed by atoms with Gasteiger partial charge < -0.3 is 14.2 Å². The molecule has 0 fully saturated rings. The Morgan fingerprint density at radius 1 is 0.538 bits per heavy atom. The maximum Gasteiger partial charge on any atom is 0.264 e. The minimum absolute atomic E-state index is 0.00270. The molecule has 0 atom stereocenters. The zero-order chi connectivity index (χ0) is 44.9. The van der Waals surface area contributed by atoms with Gasteiger partial charge in [-0.15, -0.1) is 11.3 Å². The first-order valence-corrected chi connectivity index (χ1v) is 24.4. The van der Waals surface area contributed by atoms with Gasteiger partial charge in [0.25, 0.3) is 6.71 Å². The highest BCUT2D eigenvalue weighted by Crippen LogP contribution is 2.53. The van der Waals surface area contributed by atoms with E-state index in [4.69, 9.17) is 4.42 Å². The first kappa shape index (κ1) is 40.5. The summed E-state index contributed by atoms with van der Waals surface area (Å²) in [6.45, 7) is 23.7. The summed E-state index contributed by atoms with van der Waals surface area (Å²) in [4.78, 5) is 5.24. The van der Waals surface area contributed by atoms with Gasteiger partial charge in [-0.3, -0.25) is 0 Å². The summed E-state index contributed by atoms with van der Waals surface area (Å²) in [6, 6.07) is 53.3. The first-order chi connectivity index (χ1) is 31.0. The van der Waals surface area contributed by atoms with Crippen molar-refractivity contribution in [3.8, 4) is 11.1 Å². The Bertz CT molecular complexity index is 3410. The largest absolute Gasteiger partial charge is 0.456 e. The highest BCUT2D eigenvalue weighted by Gasteiger charge is 2.47. The van der Waals surface area contributed by atoms with Gasteiger partial charge in [0.15, 0.2) is 0 Å². The van der Waals surface area contributed by atoms with E-state index in [1.807, 2.05) is 11.3 Å². The summed E-state index contributed by atoms with van der Waals surface area (Å²) in [5.74, 6) is 0. The van der Waals surface area contributed by atoms with Crippen molar-refractivity contribution in [2.24, 2.45) is 0 Å². The molecule has 5 heteroatoms. The number of hydrogen-bond acceptors (Lipinski definition) is 4. The molecule has 0 N–H and O–H groups in total. The second-order valence-corrected chi connectivity index (χ2v) is 23.5. The summed E-state index contributed by atoms with van der Waals surface area (Å²) in [5, 5.41) is 3.65. The van der Waals surface area contributed by atoms with Crippen LogP contribution in [0.4, 0.5) is 34.1 Å². The lowest BCUT2D eigenvalue weighted by Crippen LogP contribution is -2.60. The molecule has 0 spiro atoms. The number of thiophene rings is 1. The average Bonchev–Trinajstić information content (AvgIpc) is 3.86. The van der Waals surface area contributed by atoms with Crippen molar-refractivity contribution in [3.63, 3.8) is 0 Å². The second-order valence-electron chi connectivity index (χ2n) is 22.4. The number of fused-ring (bicyclic) bond motifs is 11. The van der Waals surface area contributed by atoms with E-state index in [0.29, 0.717) is 0 Å². The number of furan rings is 1. The van der Waals surface area contributed by atoms with Crippen LogP contribution in [-0.2, 0) is 21.7 Å². The van der Waals surface area contributed by atoms with Crippen LogP contribution in [0.2, 0.25) is 0 Å².